The second-order valence-corrected chi connectivity index (χ2v) is 12.4. The smallest absolute Gasteiger partial charge is 0.160 e. The minimum atomic E-state index is -0.597. The highest BCUT2D eigenvalue weighted by molar-refractivity contribution is 5.94. The van der Waals surface area contributed by atoms with E-state index < -0.39 is 5.41 Å². The molecule has 48 heavy (non-hydrogen) atoms. The van der Waals surface area contributed by atoms with Gasteiger partial charge >= 0.3 is 0 Å². The van der Waals surface area contributed by atoms with Crippen LogP contribution in [0.15, 0.2) is 164 Å². The number of ether oxygens (including phenoxy) is 1. The van der Waals surface area contributed by atoms with Crippen molar-refractivity contribution in [3.8, 4) is 56.4 Å². The van der Waals surface area contributed by atoms with E-state index >= 15 is 0 Å². The van der Waals surface area contributed by atoms with E-state index in [4.69, 9.17) is 19.7 Å². The third kappa shape index (κ3) is 3.80. The zero-order valence-corrected chi connectivity index (χ0v) is 25.8. The summed E-state index contributed by atoms with van der Waals surface area (Å²) >= 11 is 0. The zero-order chi connectivity index (χ0) is 31.7. The van der Waals surface area contributed by atoms with Crippen molar-refractivity contribution in [3.05, 3.63) is 186 Å². The van der Waals surface area contributed by atoms with Crippen molar-refractivity contribution in [2.45, 2.75) is 5.41 Å². The fourth-order valence-electron chi connectivity index (χ4n) is 7.69. The third-order valence-electron chi connectivity index (χ3n) is 9.81. The van der Waals surface area contributed by atoms with E-state index in [1.54, 1.807) is 0 Å². The fourth-order valence-corrected chi connectivity index (χ4v) is 7.69. The maximum Gasteiger partial charge on any atom is 0.160 e. The predicted molar refractivity (Wildman–Crippen MR) is 191 cm³/mol. The highest BCUT2D eigenvalue weighted by Gasteiger charge is 2.52. The van der Waals surface area contributed by atoms with Crippen molar-refractivity contribution in [1.29, 1.82) is 0 Å². The Morgan fingerprint density at radius 1 is 0.458 bits per heavy atom. The van der Waals surface area contributed by atoms with Crippen LogP contribution in [0.2, 0.25) is 0 Å². The number of para-hydroxylation sites is 3. The Morgan fingerprint density at radius 3 is 1.92 bits per heavy atom. The largest absolute Gasteiger partial charge is 0.457 e. The molecule has 4 heteroatoms. The van der Waals surface area contributed by atoms with Gasteiger partial charge in [-0.05, 0) is 52.6 Å². The Balaban J connectivity index is 1.12. The molecule has 4 nitrogen and oxygen atoms in total. The van der Waals surface area contributed by atoms with E-state index in [0.717, 1.165) is 72.7 Å². The average Bonchev–Trinajstić information content (AvgIpc) is 3.45. The van der Waals surface area contributed by atoms with Gasteiger partial charge in [-0.2, -0.15) is 0 Å². The third-order valence-corrected chi connectivity index (χ3v) is 9.81. The number of benzene rings is 6. The van der Waals surface area contributed by atoms with Crippen LogP contribution < -0.4 is 4.74 Å². The molecule has 0 saturated heterocycles. The first-order chi connectivity index (χ1) is 23.8. The maximum atomic E-state index is 6.49. The van der Waals surface area contributed by atoms with Gasteiger partial charge in [0.25, 0.3) is 0 Å². The fraction of sp³-hybridized carbons (Fsp3) is 0.0227. The predicted octanol–water partition coefficient (Wildman–Crippen LogP) is 10.5. The molecule has 0 unspecified atom stereocenters. The van der Waals surface area contributed by atoms with Crippen LogP contribution in [-0.2, 0) is 5.41 Å². The van der Waals surface area contributed by atoms with Crippen LogP contribution >= 0.6 is 0 Å². The normalized spacial score (nSPS) is 13.3. The summed E-state index contributed by atoms with van der Waals surface area (Å²) < 4.78 is 6.49. The van der Waals surface area contributed by atoms with Gasteiger partial charge in [0.15, 0.2) is 5.82 Å². The average molecular weight is 614 g/mol. The molecule has 0 N–H and O–H groups in total. The number of nitrogens with zero attached hydrogens (tertiary/aromatic N) is 3. The summed E-state index contributed by atoms with van der Waals surface area (Å²) in [6.07, 6.45) is 1.91. The second-order valence-electron chi connectivity index (χ2n) is 12.4. The van der Waals surface area contributed by atoms with Gasteiger partial charge in [0.05, 0.1) is 22.3 Å². The molecule has 0 saturated carbocycles. The number of hydrogen-bond acceptors (Lipinski definition) is 4. The van der Waals surface area contributed by atoms with Crippen LogP contribution in [0.4, 0.5) is 0 Å². The van der Waals surface area contributed by atoms with Crippen molar-refractivity contribution in [2.24, 2.45) is 0 Å². The van der Waals surface area contributed by atoms with Crippen molar-refractivity contribution < 1.29 is 4.74 Å². The summed E-state index contributed by atoms with van der Waals surface area (Å²) in [5.41, 5.74) is 12.4. The SMILES string of the molecule is c1ccc(-c2nc(-c3ccc(-c4ccc5c(c4)C4(c6ccccc6Oc6ccccc64)c4ncccc4-5)cc3)nc3ccccc23)cc1. The first-order valence-corrected chi connectivity index (χ1v) is 16.2. The molecule has 6 aromatic carbocycles. The van der Waals surface area contributed by atoms with E-state index in [9.17, 15) is 0 Å². The molecule has 224 valence electrons. The van der Waals surface area contributed by atoms with Crippen LogP contribution in [0.25, 0.3) is 55.8 Å². The highest BCUT2D eigenvalue weighted by Crippen LogP contribution is 2.61. The molecule has 0 atom stereocenters. The molecule has 0 bridgehead atoms. The van der Waals surface area contributed by atoms with Gasteiger partial charge in [-0.25, -0.2) is 9.97 Å². The summed E-state index contributed by atoms with van der Waals surface area (Å²) in [5, 5.41) is 1.04. The Labute approximate surface area is 278 Å². The molecule has 0 fully saturated rings. The molecule has 0 radical (unpaired) electrons. The molecule has 10 rings (SSSR count). The summed E-state index contributed by atoms with van der Waals surface area (Å²) in [5.74, 6) is 2.44. The Bertz CT molecular complexity index is 2490. The van der Waals surface area contributed by atoms with Gasteiger partial charge in [-0.1, -0.05) is 127 Å². The van der Waals surface area contributed by atoms with Crippen molar-refractivity contribution in [2.75, 3.05) is 0 Å². The standard InChI is InChI=1S/C44H27N3O/c1-2-11-29(12-3-1)41-34-13-4-7-17-38(34)46-43(47-41)30-22-20-28(21-23-30)31-24-25-32-33-14-10-26-45-42(33)44(37(32)27-31)35-15-5-8-18-39(35)48-40-19-9-6-16-36(40)44/h1-27H. The van der Waals surface area contributed by atoms with Gasteiger partial charge in [0, 0.05) is 39.4 Å². The molecular formula is C44H27N3O. The lowest BCUT2D eigenvalue weighted by Gasteiger charge is -2.38. The molecule has 8 aromatic rings. The number of hydrogen-bond donors (Lipinski definition) is 0. The topological polar surface area (TPSA) is 47.9 Å². The quantitative estimate of drug-likeness (QED) is 0.199. The zero-order valence-electron chi connectivity index (χ0n) is 25.8. The number of fused-ring (bicyclic) bond motifs is 10. The molecule has 2 aliphatic rings. The molecule has 3 heterocycles. The van der Waals surface area contributed by atoms with Gasteiger partial charge in [-0.3, -0.25) is 4.98 Å². The minimum Gasteiger partial charge on any atom is -0.457 e. The first-order valence-electron chi connectivity index (χ1n) is 16.2. The number of aromatic nitrogens is 3. The van der Waals surface area contributed by atoms with Gasteiger partial charge in [-0.15, -0.1) is 0 Å². The lowest BCUT2D eigenvalue weighted by molar-refractivity contribution is 0.434. The van der Waals surface area contributed by atoms with Crippen molar-refractivity contribution >= 4 is 10.9 Å². The summed E-state index contributed by atoms with van der Waals surface area (Å²) in [6, 6.07) is 55.0. The lowest BCUT2D eigenvalue weighted by atomic mass is 9.67. The summed E-state index contributed by atoms with van der Waals surface area (Å²) in [4.78, 5) is 15.1. The number of pyridine rings is 1. The molecule has 2 aromatic heterocycles. The van der Waals surface area contributed by atoms with Crippen LogP contribution in [0.3, 0.4) is 0 Å². The van der Waals surface area contributed by atoms with E-state index in [2.05, 4.69) is 109 Å². The molecule has 0 amide bonds. The second kappa shape index (κ2) is 10.3. The van der Waals surface area contributed by atoms with E-state index in [0.29, 0.717) is 5.82 Å². The maximum absolute atomic E-state index is 6.49. The van der Waals surface area contributed by atoms with Crippen molar-refractivity contribution in [1.82, 2.24) is 15.0 Å². The van der Waals surface area contributed by atoms with Gasteiger partial charge in [0.1, 0.15) is 11.5 Å². The van der Waals surface area contributed by atoms with Crippen molar-refractivity contribution in [3.63, 3.8) is 0 Å². The van der Waals surface area contributed by atoms with Gasteiger partial charge < -0.3 is 4.74 Å². The molecule has 1 aliphatic carbocycles. The molecule has 1 spiro atoms. The van der Waals surface area contributed by atoms with Crippen LogP contribution in [0, 0.1) is 0 Å². The summed E-state index contributed by atoms with van der Waals surface area (Å²) in [6.45, 7) is 0. The number of rotatable bonds is 3. The molecular weight excluding hydrogens is 587 g/mol. The monoisotopic (exact) mass is 613 g/mol. The van der Waals surface area contributed by atoms with Crippen LogP contribution in [0.1, 0.15) is 22.4 Å². The Kier molecular flexibility index (Phi) is 5.75. The van der Waals surface area contributed by atoms with Crippen LogP contribution in [0.5, 0.6) is 11.5 Å². The minimum absolute atomic E-state index is 0.597. The highest BCUT2D eigenvalue weighted by atomic mass is 16.5. The Morgan fingerprint density at radius 2 is 1.12 bits per heavy atom. The van der Waals surface area contributed by atoms with Gasteiger partial charge in [0.2, 0.25) is 0 Å². The van der Waals surface area contributed by atoms with E-state index in [-0.39, 0.29) is 0 Å². The Hall–Kier alpha value is -6.39. The summed E-state index contributed by atoms with van der Waals surface area (Å²) in [7, 11) is 0. The molecule has 1 aliphatic heterocycles. The van der Waals surface area contributed by atoms with Crippen LogP contribution in [-0.4, -0.2) is 15.0 Å². The van der Waals surface area contributed by atoms with E-state index in [1.807, 2.05) is 54.7 Å². The van der Waals surface area contributed by atoms with E-state index in [1.165, 1.54) is 11.1 Å². The lowest BCUT2D eigenvalue weighted by Crippen LogP contribution is -2.33. The first kappa shape index (κ1) is 26.8.